The van der Waals surface area contributed by atoms with Crippen molar-refractivity contribution in [2.45, 2.75) is 13.1 Å². The summed E-state index contributed by atoms with van der Waals surface area (Å²) in [6, 6.07) is 16.2. The largest absolute Gasteiger partial charge is 0.263 e. The Hall–Kier alpha value is -2.69. The van der Waals surface area contributed by atoms with Gasteiger partial charge in [-0.25, -0.2) is 4.68 Å². The zero-order valence-electron chi connectivity index (χ0n) is 10.8. The molecular formula is C15H13N5. The molecule has 0 aliphatic heterocycles. The Bertz CT molecular complexity index is 800. The third-order valence-corrected chi connectivity index (χ3v) is 3.49. The lowest BCUT2D eigenvalue weighted by atomic mass is 10.2. The second-order valence-corrected chi connectivity index (χ2v) is 4.73. The summed E-state index contributed by atoms with van der Waals surface area (Å²) in [4.78, 5) is 0. The number of aryl methyl sites for hydroxylation is 2. The van der Waals surface area contributed by atoms with Crippen LogP contribution in [-0.2, 0) is 13.1 Å². The minimum atomic E-state index is 0.756. The molecule has 5 nitrogen and oxygen atoms in total. The number of nitrogens with zero attached hydrogens (tertiary/aromatic N) is 5. The molecule has 5 heteroatoms. The molecule has 0 spiro atoms. The smallest absolute Gasteiger partial charge is 0.113 e. The van der Waals surface area contributed by atoms with Gasteiger partial charge in [0.05, 0.1) is 30.3 Å². The molecule has 2 aromatic carbocycles. The van der Waals surface area contributed by atoms with E-state index in [-0.39, 0.29) is 0 Å². The van der Waals surface area contributed by atoms with Gasteiger partial charge in [0.25, 0.3) is 0 Å². The van der Waals surface area contributed by atoms with E-state index in [0.717, 1.165) is 35.0 Å². The van der Waals surface area contributed by atoms with Crippen molar-refractivity contribution in [2.75, 3.05) is 0 Å². The molecule has 2 aromatic heterocycles. The van der Waals surface area contributed by atoms with Crippen LogP contribution in [0.3, 0.4) is 0 Å². The molecule has 20 heavy (non-hydrogen) atoms. The third-order valence-electron chi connectivity index (χ3n) is 3.49. The second-order valence-electron chi connectivity index (χ2n) is 4.73. The Balaban J connectivity index is 1.64. The average Bonchev–Trinajstić information content (AvgIpc) is 3.09. The number of aromatic nitrogens is 5. The number of hydrogen-bond acceptors (Lipinski definition) is 3. The van der Waals surface area contributed by atoms with Crippen LogP contribution in [-0.4, -0.2) is 24.8 Å². The monoisotopic (exact) mass is 263 g/mol. The minimum Gasteiger partial charge on any atom is -0.263 e. The summed E-state index contributed by atoms with van der Waals surface area (Å²) < 4.78 is 3.93. The van der Waals surface area contributed by atoms with Crippen molar-refractivity contribution in [1.29, 1.82) is 0 Å². The first-order chi connectivity index (χ1) is 9.92. The van der Waals surface area contributed by atoms with Crippen LogP contribution in [0.5, 0.6) is 0 Å². The van der Waals surface area contributed by atoms with E-state index in [9.17, 15) is 0 Å². The molecule has 0 saturated heterocycles. The zero-order valence-corrected chi connectivity index (χ0v) is 10.8. The number of fused-ring (bicyclic) bond motifs is 2. The van der Waals surface area contributed by atoms with Crippen LogP contribution < -0.4 is 0 Å². The van der Waals surface area contributed by atoms with Gasteiger partial charge in [-0.05, 0) is 18.2 Å². The predicted molar refractivity (Wildman–Crippen MR) is 77.3 cm³/mol. The van der Waals surface area contributed by atoms with E-state index in [1.165, 1.54) is 0 Å². The van der Waals surface area contributed by atoms with Gasteiger partial charge in [-0.2, -0.15) is 5.10 Å². The molecule has 4 rings (SSSR count). The molecule has 2 heterocycles. The second kappa shape index (κ2) is 4.45. The SMILES string of the molecule is c1ccc2c(c1)cnn2CCn1nnc2ccccc21. The van der Waals surface area contributed by atoms with Crippen LogP contribution in [0.25, 0.3) is 21.9 Å². The molecule has 0 aliphatic carbocycles. The van der Waals surface area contributed by atoms with Crippen molar-refractivity contribution in [3.05, 3.63) is 54.7 Å². The van der Waals surface area contributed by atoms with E-state index >= 15 is 0 Å². The van der Waals surface area contributed by atoms with Crippen LogP contribution in [0, 0.1) is 0 Å². The van der Waals surface area contributed by atoms with Gasteiger partial charge in [0.15, 0.2) is 0 Å². The normalized spacial score (nSPS) is 11.4. The highest BCUT2D eigenvalue weighted by molar-refractivity contribution is 5.78. The van der Waals surface area contributed by atoms with Gasteiger partial charge < -0.3 is 0 Å². The molecule has 0 N–H and O–H groups in total. The molecule has 0 fully saturated rings. The first-order valence-corrected chi connectivity index (χ1v) is 6.60. The molecule has 4 aromatic rings. The molecule has 0 saturated carbocycles. The molecule has 0 amide bonds. The summed E-state index contributed by atoms with van der Waals surface area (Å²) in [6.45, 7) is 1.53. The molecule has 98 valence electrons. The highest BCUT2D eigenvalue weighted by atomic mass is 15.4. The average molecular weight is 263 g/mol. The van der Waals surface area contributed by atoms with E-state index in [1.54, 1.807) is 0 Å². The van der Waals surface area contributed by atoms with Gasteiger partial charge >= 0.3 is 0 Å². The summed E-state index contributed by atoms with van der Waals surface area (Å²) >= 11 is 0. The summed E-state index contributed by atoms with van der Waals surface area (Å²) in [7, 11) is 0. The van der Waals surface area contributed by atoms with Crippen molar-refractivity contribution in [3.63, 3.8) is 0 Å². The number of benzene rings is 2. The molecule has 0 aliphatic rings. The molecule has 0 atom stereocenters. The van der Waals surface area contributed by atoms with Crippen molar-refractivity contribution in [1.82, 2.24) is 24.8 Å². The fourth-order valence-electron chi connectivity index (χ4n) is 2.48. The van der Waals surface area contributed by atoms with Crippen LogP contribution in [0.4, 0.5) is 0 Å². The predicted octanol–water partition coefficient (Wildman–Crippen LogP) is 2.48. The maximum atomic E-state index is 4.43. The first kappa shape index (κ1) is 11.2. The van der Waals surface area contributed by atoms with Gasteiger partial charge in [0, 0.05) is 5.39 Å². The standard InChI is InChI=1S/C15H13N5/c1-3-7-14-12(5-1)11-16-19(14)9-10-20-15-8-4-2-6-13(15)17-18-20/h1-8,11H,9-10H2. The van der Waals surface area contributed by atoms with Gasteiger partial charge in [-0.15, -0.1) is 5.10 Å². The van der Waals surface area contributed by atoms with Crippen LogP contribution >= 0.6 is 0 Å². The van der Waals surface area contributed by atoms with E-state index in [0.29, 0.717) is 0 Å². The minimum absolute atomic E-state index is 0.756. The molecular weight excluding hydrogens is 250 g/mol. The number of hydrogen-bond donors (Lipinski definition) is 0. The third kappa shape index (κ3) is 1.75. The fourth-order valence-corrected chi connectivity index (χ4v) is 2.48. The lowest BCUT2D eigenvalue weighted by molar-refractivity contribution is 0.509. The first-order valence-electron chi connectivity index (χ1n) is 6.60. The van der Waals surface area contributed by atoms with Crippen molar-refractivity contribution in [2.24, 2.45) is 0 Å². The Morgan fingerprint density at radius 2 is 1.55 bits per heavy atom. The number of para-hydroxylation sites is 2. The van der Waals surface area contributed by atoms with E-state index in [4.69, 9.17) is 0 Å². The van der Waals surface area contributed by atoms with E-state index in [2.05, 4.69) is 27.5 Å². The summed E-state index contributed by atoms with van der Waals surface area (Å²) in [5, 5.41) is 14.0. The van der Waals surface area contributed by atoms with Gasteiger partial charge in [-0.1, -0.05) is 35.5 Å². The highest BCUT2D eigenvalue weighted by Crippen LogP contribution is 2.14. The Labute approximate surface area is 115 Å². The summed E-state index contributed by atoms with van der Waals surface area (Å²) in [6.07, 6.45) is 1.90. The quantitative estimate of drug-likeness (QED) is 0.570. The topological polar surface area (TPSA) is 48.5 Å². The van der Waals surface area contributed by atoms with Crippen LogP contribution in [0.1, 0.15) is 0 Å². The van der Waals surface area contributed by atoms with E-state index in [1.807, 2.05) is 52.0 Å². The summed E-state index contributed by atoms with van der Waals surface area (Å²) in [5.74, 6) is 0. The Morgan fingerprint density at radius 1 is 0.800 bits per heavy atom. The Kier molecular flexibility index (Phi) is 2.48. The van der Waals surface area contributed by atoms with Crippen molar-refractivity contribution < 1.29 is 0 Å². The molecule has 0 radical (unpaired) electrons. The van der Waals surface area contributed by atoms with Crippen molar-refractivity contribution >= 4 is 21.9 Å². The zero-order chi connectivity index (χ0) is 13.4. The lowest BCUT2D eigenvalue weighted by Gasteiger charge is -2.04. The van der Waals surface area contributed by atoms with E-state index < -0.39 is 0 Å². The van der Waals surface area contributed by atoms with Gasteiger partial charge in [0.2, 0.25) is 0 Å². The van der Waals surface area contributed by atoms with Gasteiger partial charge in [0.1, 0.15) is 5.52 Å². The fraction of sp³-hybridized carbons (Fsp3) is 0.133. The highest BCUT2D eigenvalue weighted by Gasteiger charge is 2.05. The van der Waals surface area contributed by atoms with Gasteiger partial charge in [-0.3, -0.25) is 4.68 Å². The van der Waals surface area contributed by atoms with Crippen LogP contribution in [0.2, 0.25) is 0 Å². The molecule has 0 bridgehead atoms. The lowest BCUT2D eigenvalue weighted by Crippen LogP contribution is -2.09. The maximum absolute atomic E-state index is 4.43. The maximum Gasteiger partial charge on any atom is 0.113 e. The van der Waals surface area contributed by atoms with Crippen LogP contribution in [0.15, 0.2) is 54.7 Å². The Morgan fingerprint density at radius 3 is 2.50 bits per heavy atom. The molecule has 0 unspecified atom stereocenters. The van der Waals surface area contributed by atoms with Crippen molar-refractivity contribution in [3.8, 4) is 0 Å². The number of rotatable bonds is 3. The summed E-state index contributed by atoms with van der Waals surface area (Å²) in [5.41, 5.74) is 3.14.